The first-order chi connectivity index (χ1) is 10.6. The van der Waals surface area contributed by atoms with E-state index in [0.717, 1.165) is 42.2 Å². The molecule has 122 valence electrons. The maximum atomic E-state index is 10.5. The van der Waals surface area contributed by atoms with Crippen molar-refractivity contribution in [2.24, 2.45) is 34.2 Å². The van der Waals surface area contributed by atoms with Gasteiger partial charge in [0.15, 0.2) is 0 Å². The van der Waals surface area contributed by atoms with Gasteiger partial charge in [-0.15, -0.1) is 0 Å². The summed E-state index contributed by atoms with van der Waals surface area (Å²) >= 11 is 0. The van der Waals surface area contributed by atoms with Gasteiger partial charge < -0.3 is 9.94 Å². The molecule has 3 saturated carbocycles. The highest BCUT2D eigenvalue weighted by molar-refractivity contribution is 5.96. The highest BCUT2D eigenvalue weighted by Gasteiger charge is 2.55. The second-order valence-corrected chi connectivity index (χ2v) is 8.24. The third-order valence-electron chi connectivity index (χ3n) is 7.47. The minimum atomic E-state index is -0.0535. The van der Waals surface area contributed by atoms with Gasteiger partial charge in [0.1, 0.15) is 7.11 Å². The molecule has 0 aromatic rings. The lowest BCUT2D eigenvalue weighted by atomic mass is 9.52. The maximum absolute atomic E-state index is 10.5. The number of allylic oxidation sites excluding steroid dienone is 2. The number of hydrogen-bond acceptors (Lipinski definition) is 3. The van der Waals surface area contributed by atoms with Gasteiger partial charge in [-0.2, -0.15) is 0 Å². The van der Waals surface area contributed by atoms with E-state index in [9.17, 15) is 5.11 Å². The second kappa shape index (κ2) is 5.36. The van der Waals surface area contributed by atoms with Crippen molar-refractivity contribution in [3.8, 4) is 0 Å². The summed E-state index contributed by atoms with van der Waals surface area (Å²) < 4.78 is 0. The second-order valence-electron chi connectivity index (χ2n) is 8.24. The Balaban J connectivity index is 1.58. The molecule has 0 bridgehead atoms. The number of aliphatic hydroxyl groups excluding tert-OH is 1. The summed E-state index contributed by atoms with van der Waals surface area (Å²) in [6.45, 7) is 2.36. The van der Waals surface area contributed by atoms with Gasteiger partial charge >= 0.3 is 0 Å². The van der Waals surface area contributed by atoms with Gasteiger partial charge in [-0.3, -0.25) is 0 Å². The molecule has 4 aliphatic rings. The summed E-state index contributed by atoms with van der Waals surface area (Å²) in [5.41, 5.74) is 2.97. The van der Waals surface area contributed by atoms with Crippen LogP contribution in [-0.2, 0) is 4.84 Å². The van der Waals surface area contributed by atoms with Gasteiger partial charge in [0.25, 0.3) is 0 Å². The first-order valence-electron chi connectivity index (χ1n) is 9.12. The van der Waals surface area contributed by atoms with Crippen LogP contribution in [0, 0.1) is 29.1 Å². The number of oxime groups is 1. The maximum Gasteiger partial charge on any atom is 0.106 e. The molecule has 4 aliphatic carbocycles. The van der Waals surface area contributed by atoms with Gasteiger partial charge in [-0.1, -0.05) is 17.7 Å². The summed E-state index contributed by atoms with van der Waals surface area (Å²) in [6, 6.07) is 0. The van der Waals surface area contributed by atoms with Gasteiger partial charge in [-0.25, -0.2) is 0 Å². The Kier molecular flexibility index (Phi) is 3.60. The van der Waals surface area contributed by atoms with Crippen molar-refractivity contribution in [2.75, 3.05) is 7.11 Å². The fraction of sp³-hybridized carbons (Fsp3) is 0.842. The molecule has 0 amide bonds. The zero-order valence-corrected chi connectivity index (χ0v) is 13.9. The van der Waals surface area contributed by atoms with Crippen LogP contribution >= 0.6 is 0 Å². The zero-order valence-electron chi connectivity index (χ0n) is 13.9. The standard InChI is InChI=1S/C19H29NO2/c1-19-10-9-15-14-6-4-13(20-22-2)11-12(14)3-5-16(15)17(19)7-8-18(19)21/h11,14-18,21H,3-10H2,1-2H3/t14-,15+,16+,17-,18-,19-/m0/s1. The van der Waals surface area contributed by atoms with Crippen molar-refractivity contribution in [2.45, 2.75) is 64.4 Å². The SMILES string of the molecule is CON=C1C=C2CC[C@@H]3[C@H](CC[C@]4(C)[C@@H](O)CC[C@@H]34)[C@H]2CC1. The van der Waals surface area contributed by atoms with Gasteiger partial charge in [-0.05, 0) is 86.5 Å². The molecule has 0 unspecified atom stereocenters. The number of rotatable bonds is 1. The molecule has 0 saturated heterocycles. The summed E-state index contributed by atoms with van der Waals surface area (Å²) in [6.07, 6.45) is 12.0. The molecule has 0 heterocycles. The quantitative estimate of drug-likeness (QED) is 0.746. The molecule has 0 aromatic heterocycles. The molecule has 1 N–H and O–H groups in total. The van der Waals surface area contributed by atoms with Crippen molar-refractivity contribution in [3.05, 3.63) is 11.6 Å². The van der Waals surface area contributed by atoms with Gasteiger partial charge in [0.05, 0.1) is 11.8 Å². The van der Waals surface area contributed by atoms with E-state index in [0.29, 0.717) is 0 Å². The zero-order chi connectivity index (χ0) is 15.3. The Morgan fingerprint density at radius 1 is 1.14 bits per heavy atom. The van der Waals surface area contributed by atoms with E-state index < -0.39 is 0 Å². The summed E-state index contributed by atoms with van der Waals surface area (Å²) in [4.78, 5) is 4.97. The molecule has 0 spiro atoms. The van der Waals surface area contributed by atoms with Crippen LogP contribution in [0.25, 0.3) is 0 Å². The molecule has 6 atom stereocenters. The van der Waals surface area contributed by atoms with Crippen LogP contribution in [0.5, 0.6) is 0 Å². The highest BCUT2D eigenvalue weighted by Crippen LogP contribution is 2.61. The summed E-state index contributed by atoms with van der Waals surface area (Å²) in [7, 11) is 1.64. The molecule has 3 fully saturated rings. The smallest absolute Gasteiger partial charge is 0.106 e. The average Bonchev–Trinajstić information content (AvgIpc) is 2.83. The topological polar surface area (TPSA) is 41.8 Å². The molecule has 0 aliphatic heterocycles. The van der Waals surface area contributed by atoms with Crippen LogP contribution in [0.15, 0.2) is 16.8 Å². The van der Waals surface area contributed by atoms with Crippen molar-refractivity contribution < 1.29 is 9.94 Å². The Bertz CT molecular complexity index is 512. The van der Waals surface area contributed by atoms with Crippen molar-refractivity contribution in [1.82, 2.24) is 0 Å². The Hall–Kier alpha value is -0.830. The van der Waals surface area contributed by atoms with Crippen molar-refractivity contribution in [1.29, 1.82) is 0 Å². The third-order valence-corrected chi connectivity index (χ3v) is 7.47. The largest absolute Gasteiger partial charge is 0.399 e. The monoisotopic (exact) mass is 303 g/mol. The van der Waals surface area contributed by atoms with E-state index in [1.807, 2.05) is 0 Å². The predicted octanol–water partition coefficient (Wildman–Crippen LogP) is 3.92. The van der Waals surface area contributed by atoms with Crippen molar-refractivity contribution >= 4 is 5.71 Å². The third kappa shape index (κ3) is 2.08. The minimum Gasteiger partial charge on any atom is -0.399 e. The molecule has 3 nitrogen and oxygen atoms in total. The Morgan fingerprint density at radius 3 is 2.82 bits per heavy atom. The fourth-order valence-corrected chi connectivity index (χ4v) is 6.36. The number of hydrogen-bond donors (Lipinski definition) is 1. The van der Waals surface area contributed by atoms with E-state index in [-0.39, 0.29) is 11.5 Å². The van der Waals surface area contributed by atoms with Crippen LogP contribution in [-0.4, -0.2) is 24.0 Å². The number of aliphatic hydroxyl groups is 1. The molecule has 0 aromatic carbocycles. The number of fused-ring (bicyclic) bond motifs is 5. The Morgan fingerprint density at radius 2 is 2.00 bits per heavy atom. The first-order valence-corrected chi connectivity index (χ1v) is 9.12. The van der Waals surface area contributed by atoms with Crippen LogP contribution < -0.4 is 0 Å². The average molecular weight is 303 g/mol. The van der Waals surface area contributed by atoms with Gasteiger partial charge in [0.2, 0.25) is 0 Å². The van der Waals surface area contributed by atoms with E-state index in [2.05, 4.69) is 18.2 Å². The summed E-state index contributed by atoms with van der Waals surface area (Å²) in [5.74, 6) is 3.24. The van der Waals surface area contributed by atoms with Gasteiger partial charge in [0, 0.05) is 0 Å². The predicted molar refractivity (Wildman–Crippen MR) is 87.5 cm³/mol. The first kappa shape index (κ1) is 14.7. The molecule has 22 heavy (non-hydrogen) atoms. The molecule has 3 heteroatoms. The fourth-order valence-electron chi connectivity index (χ4n) is 6.36. The normalized spacial score (nSPS) is 49.1. The number of nitrogens with zero attached hydrogens (tertiary/aromatic N) is 1. The lowest BCUT2D eigenvalue weighted by molar-refractivity contribution is -0.0526. The molecular formula is C19H29NO2. The van der Waals surface area contributed by atoms with Crippen LogP contribution in [0.3, 0.4) is 0 Å². The lowest BCUT2D eigenvalue weighted by Crippen LogP contribution is -2.47. The Labute approximate surface area is 133 Å². The van der Waals surface area contributed by atoms with Crippen LogP contribution in [0.1, 0.15) is 58.3 Å². The van der Waals surface area contributed by atoms with E-state index >= 15 is 0 Å². The van der Waals surface area contributed by atoms with Crippen LogP contribution in [0.4, 0.5) is 0 Å². The molecular weight excluding hydrogens is 274 g/mol. The van der Waals surface area contributed by atoms with Crippen LogP contribution in [0.2, 0.25) is 0 Å². The van der Waals surface area contributed by atoms with Crippen molar-refractivity contribution in [3.63, 3.8) is 0 Å². The summed E-state index contributed by atoms with van der Waals surface area (Å²) in [5, 5.41) is 14.6. The van der Waals surface area contributed by atoms with E-state index in [1.165, 1.54) is 38.5 Å². The minimum absolute atomic E-state index is 0.0535. The van der Waals surface area contributed by atoms with E-state index in [1.54, 1.807) is 12.7 Å². The highest BCUT2D eigenvalue weighted by atomic mass is 16.6. The molecule has 4 rings (SSSR count). The molecule has 0 radical (unpaired) electrons. The lowest BCUT2D eigenvalue weighted by Gasteiger charge is -2.53. The van der Waals surface area contributed by atoms with E-state index in [4.69, 9.17) is 4.84 Å².